The van der Waals surface area contributed by atoms with Crippen LogP contribution in [0.5, 0.6) is 0 Å². The second-order valence-corrected chi connectivity index (χ2v) is 10.5. The molecule has 0 amide bonds. The smallest absolute Gasteiger partial charge is 0.302 e. The first-order valence-corrected chi connectivity index (χ1v) is 10.4. The highest BCUT2D eigenvalue weighted by Crippen LogP contribution is 2.75. The average molecular weight is 325 g/mol. The van der Waals surface area contributed by atoms with Gasteiger partial charge in [0.05, 0.1) is 6.10 Å². The zero-order valence-electron chi connectivity index (χ0n) is 10.7. The quantitative estimate of drug-likeness (QED) is 0.637. The van der Waals surface area contributed by atoms with Gasteiger partial charge in [-0.05, 0) is 40.2 Å². The monoisotopic (exact) mass is 324 g/mol. The summed E-state index contributed by atoms with van der Waals surface area (Å²) in [7, 11) is 0. The van der Waals surface area contributed by atoms with E-state index in [0.717, 1.165) is 17.5 Å². The summed E-state index contributed by atoms with van der Waals surface area (Å²) in [5.74, 6) is -3.14. The Balaban J connectivity index is 1.89. The third kappa shape index (κ3) is 3.29. The van der Waals surface area contributed by atoms with Crippen LogP contribution < -0.4 is 0 Å². The van der Waals surface area contributed by atoms with Gasteiger partial charge in [0.2, 0.25) is 0 Å². The van der Waals surface area contributed by atoms with Gasteiger partial charge in [0.15, 0.2) is 0 Å². The Hall–Kier alpha value is -0.730. The van der Waals surface area contributed by atoms with Crippen molar-refractivity contribution in [1.82, 2.24) is 0 Å². The number of halogens is 1. The summed E-state index contributed by atoms with van der Waals surface area (Å²) in [6.07, 6.45) is 0.557. The molecule has 0 bridgehead atoms. The van der Waals surface area contributed by atoms with E-state index in [9.17, 15) is 4.57 Å². The van der Waals surface area contributed by atoms with Crippen LogP contribution in [-0.4, -0.2) is 0 Å². The number of hydrogen-bond acceptors (Lipinski definition) is 3. The van der Waals surface area contributed by atoms with E-state index < -0.39 is 5.92 Å². The second-order valence-electron chi connectivity index (χ2n) is 4.68. The van der Waals surface area contributed by atoms with E-state index in [1.165, 1.54) is 11.4 Å². The second kappa shape index (κ2) is 5.95. The lowest BCUT2D eigenvalue weighted by Crippen LogP contribution is -2.10. The van der Waals surface area contributed by atoms with E-state index in [1.54, 1.807) is 0 Å². The highest BCUT2D eigenvalue weighted by molar-refractivity contribution is 8.63. The summed E-state index contributed by atoms with van der Waals surface area (Å²) in [6.45, 7) is 0. The van der Waals surface area contributed by atoms with Gasteiger partial charge in [-0.3, -0.25) is 4.57 Å². The fourth-order valence-electron chi connectivity index (χ4n) is 2.34. The van der Waals surface area contributed by atoms with E-state index in [4.69, 9.17) is 15.8 Å². The van der Waals surface area contributed by atoms with Crippen LogP contribution in [0.2, 0.25) is 0 Å². The Labute approximate surface area is 127 Å². The van der Waals surface area contributed by atoms with Crippen molar-refractivity contribution in [3.8, 4) is 0 Å². The molecule has 2 aromatic carbocycles. The molecule has 0 unspecified atom stereocenters. The average Bonchev–Trinajstić information content (AvgIpc) is 2.47. The number of hydrogen-bond donors (Lipinski definition) is 0. The molecule has 1 saturated heterocycles. The van der Waals surface area contributed by atoms with E-state index >= 15 is 0 Å². The molecular formula is C15H14ClO2PS. The van der Waals surface area contributed by atoms with Crippen LogP contribution >= 0.6 is 28.5 Å². The first-order valence-electron chi connectivity index (χ1n) is 6.40. The van der Waals surface area contributed by atoms with Crippen molar-refractivity contribution in [2.75, 3.05) is 0 Å². The molecule has 104 valence electrons. The molecule has 3 rings (SSSR count). The van der Waals surface area contributed by atoms with Gasteiger partial charge in [-0.15, -0.1) is 0 Å². The Morgan fingerprint density at radius 1 is 1.00 bits per heavy atom. The molecule has 20 heavy (non-hydrogen) atoms. The van der Waals surface area contributed by atoms with Crippen molar-refractivity contribution in [3.63, 3.8) is 0 Å². The Morgan fingerprint density at radius 3 is 2.15 bits per heavy atom. The molecule has 1 aliphatic rings. The van der Waals surface area contributed by atoms with Crippen molar-refractivity contribution >= 4 is 28.5 Å². The maximum Gasteiger partial charge on any atom is 0.347 e. The molecule has 0 saturated carbocycles. The largest absolute Gasteiger partial charge is 0.347 e. The highest BCUT2D eigenvalue weighted by atomic mass is 35.7. The lowest BCUT2D eigenvalue weighted by Gasteiger charge is -2.32. The number of rotatable bonds is 2. The summed E-state index contributed by atoms with van der Waals surface area (Å²) >= 11 is 7.30. The zero-order chi connectivity index (χ0) is 14.0. The fourth-order valence-corrected chi connectivity index (χ4v) is 6.89. The van der Waals surface area contributed by atoms with Crippen LogP contribution in [0.15, 0.2) is 60.7 Å². The molecule has 0 spiro atoms. The molecule has 3 atom stereocenters. The van der Waals surface area contributed by atoms with Crippen LogP contribution in [0.25, 0.3) is 0 Å². The van der Waals surface area contributed by atoms with E-state index in [-0.39, 0.29) is 11.4 Å². The molecular weight excluding hydrogens is 311 g/mol. The fraction of sp³-hybridized carbons (Fsp3) is 0.200. The summed E-state index contributed by atoms with van der Waals surface area (Å²) in [5, 5.41) is 0.0958. The summed E-state index contributed by atoms with van der Waals surface area (Å²) in [4.78, 5) is 0. The molecule has 2 aromatic rings. The van der Waals surface area contributed by atoms with E-state index in [2.05, 4.69) is 0 Å². The number of benzene rings is 2. The molecule has 0 aliphatic carbocycles. The maximum atomic E-state index is 12.3. The molecule has 1 aliphatic heterocycles. The molecule has 0 aromatic heterocycles. The maximum absolute atomic E-state index is 12.3. The van der Waals surface area contributed by atoms with Gasteiger partial charge in [-0.25, -0.2) is 0 Å². The first kappa shape index (κ1) is 14.2. The van der Waals surface area contributed by atoms with E-state index in [0.29, 0.717) is 0 Å². The Kier molecular flexibility index (Phi) is 4.23. The van der Waals surface area contributed by atoms with Gasteiger partial charge in [0.25, 0.3) is 0 Å². The minimum atomic E-state index is -3.14. The normalized spacial score (nSPS) is 30.1. The van der Waals surface area contributed by atoms with Crippen LogP contribution in [0.3, 0.4) is 0 Å². The minimum absolute atomic E-state index is 0.0958. The molecule has 0 radical (unpaired) electrons. The Bertz CT molecular complexity index is 569. The van der Waals surface area contributed by atoms with Crippen molar-refractivity contribution < 1.29 is 9.09 Å². The zero-order valence-corrected chi connectivity index (χ0v) is 13.2. The standard InChI is InChI=1S/C15H14ClO2PS/c16-19(17)18-14(12-7-3-1-4-8-12)11-15(20-19)13-9-5-2-6-10-13/h1-10,14-15H,11H2/t14-,15-,19+/m1/s1. The van der Waals surface area contributed by atoms with Crippen LogP contribution in [0, 0.1) is 0 Å². The van der Waals surface area contributed by atoms with Crippen LogP contribution in [0.1, 0.15) is 28.9 Å². The first-order chi connectivity index (χ1) is 9.64. The molecule has 5 heteroatoms. The molecule has 0 N–H and O–H groups in total. The minimum Gasteiger partial charge on any atom is -0.302 e. The third-order valence-electron chi connectivity index (χ3n) is 3.28. The van der Waals surface area contributed by atoms with Crippen molar-refractivity contribution in [2.24, 2.45) is 0 Å². The van der Waals surface area contributed by atoms with E-state index in [1.807, 2.05) is 60.7 Å². The van der Waals surface area contributed by atoms with Crippen LogP contribution in [-0.2, 0) is 9.09 Å². The Morgan fingerprint density at radius 2 is 1.55 bits per heavy atom. The van der Waals surface area contributed by atoms with Gasteiger partial charge in [0, 0.05) is 5.25 Å². The summed E-state index contributed by atoms with van der Waals surface area (Å²) in [5.41, 5.74) is 2.16. The van der Waals surface area contributed by atoms with Crippen molar-refractivity contribution in [3.05, 3.63) is 71.8 Å². The predicted molar refractivity (Wildman–Crippen MR) is 85.1 cm³/mol. The summed E-state index contributed by atoms with van der Waals surface area (Å²) < 4.78 is 17.9. The summed E-state index contributed by atoms with van der Waals surface area (Å²) in [6, 6.07) is 19.9. The lowest BCUT2D eigenvalue weighted by atomic mass is 10.0. The van der Waals surface area contributed by atoms with Gasteiger partial charge in [0.1, 0.15) is 0 Å². The third-order valence-corrected chi connectivity index (χ3v) is 7.49. The van der Waals surface area contributed by atoms with Crippen molar-refractivity contribution in [2.45, 2.75) is 17.8 Å². The van der Waals surface area contributed by atoms with Crippen LogP contribution in [0.4, 0.5) is 0 Å². The van der Waals surface area contributed by atoms with Gasteiger partial charge >= 0.3 is 5.92 Å². The highest BCUT2D eigenvalue weighted by Gasteiger charge is 2.38. The molecule has 1 fully saturated rings. The lowest BCUT2D eigenvalue weighted by molar-refractivity contribution is 0.205. The van der Waals surface area contributed by atoms with Crippen molar-refractivity contribution in [1.29, 1.82) is 0 Å². The SMILES string of the molecule is O=[P@@]1(Cl)O[C@@H](c2ccccc2)C[C@H](c2ccccc2)S1. The van der Waals surface area contributed by atoms with Gasteiger partial charge < -0.3 is 4.52 Å². The molecule has 2 nitrogen and oxygen atoms in total. The van der Waals surface area contributed by atoms with Gasteiger partial charge in [-0.1, -0.05) is 60.7 Å². The van der Waals surface area contributed by atoms with Gasteiger partial charge in [-0.2, -0.15) is 0 Å². The predicted octanol–water partition coefficient (Wildman–Crippen LogP) is 5.97. The molecule has 1 heterocycles. The topological polar surface area (TPSA) is 26.3 Å².